The van der Waals surface area contributed by atoms with Gasteiger partial charge in [0.2, 0.25) is 0 Å². The summed E-state index contributed by atoms with van der Waals surface area (Å²) in [6.45, 7) is 0. The van der Waals surface area contributed by atoms with Crippen LogP contribution in [0.25, 0.3) is 82.7 Å². The molecule has 0 N–H and O–H groups in total. The molecular formula is C50H34N2. The molecule has 0 radical (unpaired) electrons. The van der Waals surface area contributed by atoms with E-state index in [1.165, 1.54) is 105 Å². The van der Waals surface area contributed by atoms with Crippen molar-refractivity contribution >= 4 is 43.6 Å². The Morgan fingerprint density at radius 3 is 2.02 bits per heavy atom. The van der Waals surface area contributed by atoms with Crippen LogP contribution < -0.4 is 0 Å². The lowest BCUT2D eigenvalue weighted by molar-refractivity contribution is 0.648. The SMILES string of the molecule is C1=CCC(n2c3ccccc3c3ccc4c5ccccc5n(-c5ccc6c(c5)Cc5cc(-c7cccc8c7-c7ccccc7C8)ccc5-6)c4c32)C=C1. The van der Waals surface area contributed by atoms with Crippen LogP contribution in [0.5, 0.6) is 0 Å². The van der Waals surface area contributed by atoms with Gasteiger partial charge in [-0.2, -0.15) is 0 Å². The molecule has 0 spiro atoms. The van der Waals surface area contributed by atoms with Crippen LogP contribution in [0.3, 0.4) is 0 Å². The molecule has 3 aliphatic carbocycles. The van der Waals surface area contributed by atoms with E-state index in [2.05, 4.69) is 173 Å². The highest BCUT2D eigenvalue weighted by Gasteiger charge is 2.26. The van der Waals surface area contributed by atoms with Crippen LogP contribution in [0.1, 0.15) is 34.7 Å². The van der Waals surface area contributed by atoms with Gasteiger partial charge in [-0.05, 0) is 99.2 Å². The lowest BCUT2D eigenvalue weighted by Gasteiger charge is -2.20. The van der Waals surface area contributed by atoms with Gasteiger partial charge in [0.1, 0.15) is 0 Å². The highest BCUT2D eigenvalue weighted by atomic mass is 15.1. The normalized spacial score (nSPS) is 15.5. The zero-order valence-electron chi connectivity index (χ0n) is 28.7. The van der Waals surface area contributed by atoms with E-state index in [4.69, 9.17) is 0 Å². The summed E-state index contributed by atoms with van der Waals surface area (Å²) < 4.78 is 5.15. The number of hydrogen-bond acceptors (Lipinski definition) is 0. The Balaban J connectivity index is 1.04. The second-order valence-electron chi connectivity index (χ2n) is 14.8. The van der Waals surface area contributed by atoms with Crippen molar-refractivity contribution < 1.29 is 0 Å². The number of allylic oxidation sites excluding steroid dienone is 4. The molecule has 0 saturated heterocycles. The maximum absolute atomic E-state index is 2.60. The molecule has 1 atom stereocenters. The second-order valence-corrected chi connectivity index (χ2v) is 14.8. The summed E-state index contributed by atoms with van der Waals surface area (Å²) in [6, 6.07) is 53.0. The minimum absolute atomic E-state index is 0.257. The summed E-state index contributed by atoms with van der Waals surface area (Å²) in [4.78, 5) is 0. The topological polar surface area (TPSA) is 9.86 Å². The van der Waals surface area contributed by atoms with Gasteiger partial charge >= 0.3 is 0 Å². The molecule has 0 bridgehead atoms. The fraction of sp³-hybridized carbons (Fsp3) is 0.0800. The van der Waals surface area contributed by atoms with Crippen molar-refractivity contribution in [2.24, 2.45) is 0 Å². The van der Waals surface area contributed by atoms with Gasteiger partial charge in [0.15, 0.2) is 0 Å². The van der Waals surface area contributed by atoms with E-state index in [-0.39, 0.29) is 6.04 Å². The van der Waals surface area contributed by atoms with Gasteiger partial charge in [-0.25, -0.2) is 0 Å². The zero-order valence-corrected chi connectivity index (χ0v) is 28.7. The van der Waals surface area contributed by atoms with Crippen LogP contribution in [0, 0.1) is 0 Å². The van der Waals surface area contributed by atoms with Crippen molar-refractivity contribution in [3.8, 4) is 39.1 Å². The van der Waals surface area contributed by atoms with E-state index in [0.717, 1.165) is 19.3 Å². The molecule has 9 aromatic rings. The monoisotopic (exact) mass is 662 g/mol. The average Bonchev–Trinajstić information content (AvgIpc) is 3.95. The summed E-state index contributed by atoms with van der Waals surface area (Å²) in [5.41, 5.74) is 20.2. The number of fused-ring (bicyclic) bond motifs is 13. The van der Waals surface area contributed by atoms with E-state index in [0.29, 0.717) is 0 Å². The molecule has 0 saturated carbocycles. The van der Waals surface area contributed by atoms with Crippen LogP contribution in [0.4, 0.5) is 0 Å². The maximum atomic E-state index is 2.60. The van der Waals surface area contributed by atoms with Gasteiger partial charge in [-0.1, -0.05) is 140 Å². The molecule has 2 heterocycles. The molecule has 3 aliphatic rings. The smallest absolute Gasteiger partial charge is 0.0785 e. The molecule has 2 heteroatoms. The van der Waals surface area contributed by atoms with Crippen molar-refractivity contribution in [2.75, 3.05) is 0 Å². The highest BCUT2D eigenvalue weighted by molar-refractivity contribution is 6.23. The average molecular weight is 663 g/mol. The summed E-state index contributed by atoms with van der Waals surface area (Å²) in [6.07, 6.45) is 12.0. The first-order chi connectivity index (χ1) is 25.8. The van der Waals surface area contributed by atoms with Gasteiger partial charge in [-0.3, -0.25) is 0 Å². The molecular weight excluding hydrogens is 629 g/mol. The Morgan fingerprint density at radius 1 is 0.462 bits per heavy atom. The first-order valence-electron chi connectivity index (χ1n) is 18.6. The number of benzene rings is 7. The molecule has 0 aliphatic heterocycles. The standard InChI is InChI=1S/C50H34N2/c1-2-13-36(14-3-1)51-46-19-8-6-16-42(46)44-25-26-45-43-17-7-9-20-47(43)52(50(45)49(44)51)37-22-24-39-35(30-37)29-34-28-32(21-23-38(34)39)41-18-10-12-33-27-31-11-4-5-15-40(31)48(33)41/h1-13,15-26,28,30,36H,14,27,29H2. The predicted molar refractivity (Wildman–Crippen MR) is 218 cm³/mol. The summed E-state index contributed by atoms with van der Waals surface area (Å²) in [5.74, 6) is 0. The quantitative estimate of drug-likeness (QED) is 0.178. The van der Waals surface area contributed by atoms with Crippen LogP contribution in [-0.2, 0) is 12.8 Å². The summed E-state index contributed by atoms with van der Waals surface area (Å²) in [5, 5.41) is 5.21. The van der Waals surface area contributed by atoms with Crippen molar-refractivity contribution in [2.45, 2.75) is 25.3 Å². The van der Waals surface area contributed by atoms with Crippen molar-refractivity contribution in [3.63, 3.8) is 0 Å². The number of hydrogen-bond donors (Lipinski definition) is 0. The third kappa shape index (κ3) is 3.84. The molecule has 244 valence electrons. The predicted octanol–water partition coefficient (Wildman–Crippen LogP) is 12.8. The number of aromatic nitrogens is 2. The van der Waals surface area contributed by atoms with Crippen LogP contribution in [0.15, 0.2) is 164 Å². The van der Waals surface area contributed by atoms with Crippen LogP contribution >= 0.6 is 0 Å². The van der Waals surface area contributed by atoms with E-state index in [9.17, 15) is 0 Å². The molecule has 2 aromatic heterocycles. The summed E-state index contributed by atoms with van der Waals surface area (Å²) in [7, 11) is 0. The molecule has 12 rings (SSSR count). The van der Waals surface area contributed by atoms with Gasteiger partial charge in [0.05, 0.1) is 22.6 Å². The molecule has 2 nitrogen and oxygen atoms in total. The van der Waals surface area contributed by atoms with Crippen molar-refractivity contribution in [3.05, 3.63) is 186 Å². The number of rotatable bonds is 3. The number of para-hydroxylation sites is 2. The van der Waals surface area contributed by atoms with Gasteiger partial charge in [0, 0.05) is 32.7 Å². The molecule has 0 amide bonds. The first-order valence-corrected chi connectivity index (χ1v) is 18.6. The van der Waals surface area contributed by atoms with Crippen LogP contribution in [0.2, 0.25) is 0 Å². The third-order valence-corrected chi connectivity index (χ3v) is 12.0. The fourth-order valence-corrected chi connectivity index (χ4v) is 9.84. The minimum Gasteiger partial charge on any atom is -0.331 e. The first kappa shape index (κ1) is 28.3. The molecule has 0 fully saturated rings. The Kier molecular flexibility index (Phi) is 5.76. The lowest BCUT2D eigenvalue weighted by atomic mass is 9.92. The Morgan fingerprint density at radius 2 is 1.15 bits per heavy atom. The van der Waals surface area contributed by atoms with E-state index >= 15 is 0 Å². The van der Waals surface area contributed by atoms with E-state index < -0.39 is 0 Å². The Bertz CT molecular complexity index is 3050. The van der Waals surface area contributed by atoms with Crippen molar-refractivity contribution in [1.29, 1.82) is 0 Å². The van der Waals surface area contributed by atoms with Gasteiger partial charge in [-0.15, -0.1) is 0 Å². The van der Waals surface area contributed by atoms with E-state index in [1.807, 2.05) is 0 Å². The molecule has 1 unspecified atom stereocenters. The van der Waals surface area contributed by atoms with Crippen molar-refractivity contribution in [1.82, 2.24) is 9.13 Å². The maximum Gasteiger partial charge on any atom is 0.0785 e. The molecule has 52 heavy (non-hydrogen) atoms. The Hall–Kier alpha value is -6.38. The zero-order chi connectivity index (χ0) is 33.9. The number of nitrogens with zero attached hydrogens (tertiary/aromatic N) is 2. The Labute approximate surface area is 302 Å². The third-order valence-electron chi connectivity index (χ3n) is 12.0. The fourth-order valence-electron chi connectivity index (χ4n) is 9.84. The lowest BCUT2D eigenvalue weighted by Crippen LogP contribution is -2.08. The van der Waals surface area contributed by atoms with Crippen LogP contribution in [-0.4, -0.2) is 9.13 Å². The minimum atomic E-state index is 0.257. The van der Waals surface area contributed by atoms with Gasteiger partial charge in [0.25, 0.3) is 0 Å². The molecule has 7 aromatic carbocycles. The van der Waals surface area contributed by atoms with Gasteiger partial charge < -0.3 is 9.13 Å². The second kappa shape index (κ2) is 10.6. The highest BCUT2D eigenvalue weighted by Crippen LogP contribution is 2.47. The van der Waals surface area contributed by atoms with E-state index in [1.54, 1.807) is 0 Å². The largest absolute Gasteiger partial charge is 0.331 e. The summed E-state index contributed by atoms with van der Waals surface area (Å²) >= 11 is 0.